The maximum Gasteiger partial charge on any atom is 0.421 e. The number of anilines is 1. The van der Waals surface area contributed by atoms with Gasteiger partial charge in [-0.05, 0) is 29.3 Å². The molecule has 1 aliphatic heterocycles. The molecular weight excluding hydrogens is 498 g/mol. The number of aliphatic hydroxyl groups excluding tert-OH is 1. The SMILES string of the molecule is N#Cc1c(SCc2cccnc2)nc(N2CC(F)(F)C2)c(C#N)c1-c1ccc(OC(F)(F)CO)cc1. The van der Waals surface area contributed by atoms with Crippen LogP contribution in [0.1, 0.15) is 16.7 Å². The number of ether oxygens (including phenoxy) is 1. The Labute approximate surface area is 207 Å². The molecule has 1 aliphatic rings. The summed E-state index contributed by atoms with van der Waals surface area (Å²) in [4.78, 5) is 9.72. The van der Waals surface area contributed by atoms with Gasteiger partial charge in [-0.3, -0.25) is 4.98 Å². The maximum atomic E-state index is 13.6. The molecule has 0 aliphatic carbocycles. The van der Waals surface area contributed by atoms with Crippen molar-refractivity contribution in [2.24, 2.45) is 0 Å². The molecule has 184 valence electrons. The van der Waals surface area contributed by atoms with E-state index in [4.69, 9.17) is 5.11 Å². The Hall–Kier alpha value is -3.87. The first-order valence-corrected chi connectivity index (χ1v) is 11.5. The van der Waals surface area contributed by atoms with E-state index >= 15 is 0 Å². The molecule has 12 heteroatoms. The second-order valence-electron chi connectivity index (χ2n) is 7.87. The zero-order valence-corrected chi connectivity index (χ0v) is 19.3. The number of alkyl halides is 4. The van der Waals surface area contributed by atoms with Gasteiger partial charge in [0, 0.05) is 23.7 Å². The number of aromatic nitrogens is 2. The predicted octanol–water partition coefficient (Wildman–Crippen LogP) is 4.60. The van der Waals surface area contributed by atoms with Gasteiger partial charge in [0.2, 0.25) is 0 Å². The van der Waals surface area contributed by atoms with Crippen molar-refractivity contribution in [2.75, 3.05) is 24.6 Å². The number of halogens is 4. The molecular formula is C24H17F4N5O2S. The fourth-order valence-corrected chi connectivity index (χ4v) is 4.49. The van der Waals surface area contributed by atoms with E-state index < -0.39 is 31.7 Å². The summed E-state index contributed by atoms with van der Waals surface area (Å²) in [5.74, 6) is -2.79. The first kappa shape index (κ1) is 25.2. The average Bonchev–Trinajstić information content (AvgIpc) is 2.86. The number of thioether (sulfide) groups is 1. The Balaban J connectivity index is 1.80. The van der Waals surface area contributed by atoms with Crippen LogP contribution in [-0.4, -0.2) is 46.8 Å². The van der Waals surface area contributed by atoms with Gasteiger partial charge in [0.1, 0.15) is 40.9 Å². The minimum atomic E-state index is -3.79. The molecule has 2 aromatic heterocycles. The lowest BCUT2D eigenvalue weighted by Crippen LogP contribution is -2.57. The van der Waals surface area contributed by atoms with E-state index in [1.54, 1.807) is 18.5 Å². The molecule has 0 saturated carbocycles. The minimum absolute atomic E-state index is 0.0123. The van der Waals surface area contributed by atoms with E-state index in [1.807, 2.05) is 12.1 Å². The molecule has 0 radical (unpaired) electrons. The Morgan fingerprint density at radius 3 is 2.36 bits per heavy atom. The second kappa shape index (κ2) is 10.0. The quantitative estimate of drug-likeness (QED) is 0.343. The number of aliphatic hydroxyl groups is 1. The van der Waals surface area contributed by atoms with Crippen molar-refractivity contribution >= 4 is 17.6 Å². The zero-order valence-electron chi connectivity index (χ0n) is 18.5. The van der Waals surface area contributed by atoms with E-state index in [0.29, 0.717) is 11.3 Å². The van der Waals surface area contributed by atoms with Gasteiger partial charge in [-0.25, -0.2) is 13.8 Å². The predicted molar refractivity (Wildman–Crippen MR) is 123 cm³/mol. The summed E-state index contributed by atoms with van der Waals surface area (Å²) in [6.45, 7) is -2.77. The van der Waals surface area contributed by atoms with Gasteiger partial charge in [-0.1, -0.05) is 18.2 Å². The lowest BCUT2D eigenvalue weighted by atomic mass is 9.95. The number of hydrogen-bond acceptors (Lipinski definition) is 8. The van der Waals surface area contributed by atoms with Crippen LogP contribution >= 0.6 is 11.8 Å². The summed E-state index contributed by atoms with van der Waals surface area (Å²) in [6.07, 6.45) is -0.542. The van der Waals surface area contributed by atoms with Crippen LogP contribution in [0.25, 0.3) is 11.1 Å². The third-order valence-electron chi connectivity index (χ3n) is 5.21. The molecule has 1 N–H and O–H groups in total. The lowest BCUT2D eigenvalue weighted by Gasteiger charge is -2.40. The number of pyridine rings is 2. The minimum Gasteiger partial charge on any atom is -0.431 e. The molecule has 1 fully saturated rings. The summed E-state index contributed by atoms with van der Waals surface area (Å²) < 4.78 is 58.5. The number of nitriles is 2. The van der Waals surface area contributed by atoms with Gasteiger partial charge < -0.3 is 14.7 Å². The number of benzene rings is 1. The first-order valence-electron chi connectivity index (χ1n) is 10.5. The van der Waals surface area contributed by atoms with Crippen LogP contribution in [0.3, 0.4) is 0 Å². The maximum absolute atomic E-state index is 13.6. The number of nitrogens with zero attached hydrogens (tertiary/aromatic N) is 5. The molecule has 1 aromatic carbocycles. The molecule has 1 saturated heterocycles. The van der Waals surface area contributed by atoms with Crippen LogP contribution in [0, 0.1) is 22.7 Å². The Morgan fingerprint density at radius 1 is 1.11 bits per heavy atom. The number of hydrogen-bond donors (Lipinski definition) is 1. The largest absolute Gasteiger partial charge is 0.431 e. The smallest absolute Gasteiger partial charge is 0.421 e. The van der Waals surface area contributed by atoms with E-state index in [-0.39, 0.29) is 33.3 Å². The van der Waals surface area contributed by atoms with Crippen molar-refractivity contribution in [3.05, 3.63) is 65.5 Å². The highest BCUT2D eigenvalue weighted by Crippen LogP contribution is 2.42. The van der Waals surface area contributed by atoms with Crippen molar-refractivity contribution in [3.8, 4) is 29.0 Å². The summed E-state index contributed by atoms with van der Waals surface area (Å²) >= 11 is 1.18. The summed E-state index contributed by atoms with van der Waals surface area (Å²) in [5.41, 5.74) is 1.26. The molecule has 3 heterocycles. The highest BCUT2D eigenvalue weighted by molar-refractivity contribution is 7.98. The van der Waals surface area contributed by atoms with Crippen LogP contribution < -0.4 is 9.64 Å². The van der Waals surface area contributed by atoms with Gasteiger partial charge in [0.05, 0.1) is 18.7 Å². The van der Waals surface area contributed by atoms with E-state index in [0.717, 1.165) is 5.56 Å². The van der Waals surface area contributed by atoms with Crippen LogP contribution in [0.15, 0.2) is 53.8 Å². The third-order valence-corrected chi connectivity index (χ3v) is 6.25. The molecule has 0 amide bonds. The fourth-order valence-electron chi connectivity index (χ4n) is 3.57. The summed E-state index contributed by atoms with van der Waals surface area (Å²) in [7, 11) is 0. The van der Waals surface area contributed by atoms with Crippen molar-refractivity contribution in [3.63, 3.8) is 0 Å². The third kappa shape index (κ3) is 5.35. The normalized spacial score (nSPS) is 14.5. The second-order valence-corrected chi connectivity index (χ2v) is 8.84. The van der Waals surface area contributed by atoms with Crippen molar-refractivity contribution in [1.29, 1.82) is 10.5 Å². The highest BCUT2D eigenvalue weighted by atomic mass is 32.2. The zero-order chi connectivity index (χ0) is 25.9. The molecule has 0 bridgehead atoms. The Bertz CT molecular complexity index is 1330. The van der Waals surface area contributed by atoms with Gasteiger partial charge >= 0.3 is 6.11 Å². The standard InChI is InChI=1S/C24H17F4N5O2S/c25-23(26)12-33(13-23)21-18(8-29)20(16-3-5-17(6-4-16)35-24(27,28)14-34)19(9-30)22(32-21)36-11-15-2-1-7-31-10-15/h1-7,10,34H,11-14H2. The van der Waals surface area contributed by atoms with E-state index in [9.17, 15) is 28.1 Å². The lowest BCUT2D eigenvalue weighted by molar-refractivity contribution is -0.200. The molecule has 36 heavy (non-hydrogen) atoms. The molecule has 4 rings (SSSR count). The number of rotatable bonds is 8. The molecule has 7 nitrogen and oxygen atoms in total. The summed E-state index contributed by atoms with van der Waals surface area (Å²) in [6, 6.07) is 12.7. The highest BCUT2D eigenvalue weighted by Gasteiger charge is 2.46. The molecule has 0 unspecified atom stereocenters. The van der Waals surface area contributed by atoms with E-state index in [1.165, 1.54) is 40.9 Å². The Morgan fingerprint density at radius 2 is 1.81 bits per heavy atom. The molecule has 3 aromatic rings. The van der Waals surface area contributed by atoms with Crippen LogP contribution in [0.4, 0.5) is 23.4 Å². The fraction of sp³-hybridized carbons (Fsp3) is 0.250. The first-order chi connectivity index (χ1) is 17.2. The average molecular weight is 515 g/mol. The van der Waals surface area contributed by atoms with Gasteiger partial charge in [-0.15, -0.1) is 11.8 Å². The Kier molecular flexibility index (Phi) is 7.02. The van der Waals surface area contributed by atoms with Crippen molar-refractivity contribution in [2.45, 2.75) is 22.8 Å². The van der Waals surface area contributed by atoms with Crippen molar-refractivity contribution < 1.29 is 27.4 Å². The van der Waals surface area contributed by atoms with Crippen molar-refractivity contribution in [1.82, 2.24) is 9.97 Å². The topological polar surface area (TPSA) is 106 Å². The van der Waals surface area contributed by atoms with Crippen LogP contribution in [0.2, 0.25) is 0 Å². The molecule has 0 atom stereocenters. The van der Waals surface area contributed by atoms with Gasteiger partial charge in [-0.2, -0.15) is 19.3 Å². The summed E-state index contributed by atoms with van der Waals surface area (Å²) in [5, 5.41) is 28.9. The molecule has 0 spiro atoms. The van der Waals surface area contributed by atoms with Gasteiger partial charge in [0.25, 0.3) is 5.92 Å². The van der Waals surface area contributed by atoms with Gasteiger partial charge in [0.15, 0.2) is 0 Å². The monoisotopic (exact) mass is 515 g/mol. The van der Waals surface area contributed by atoms with E-state index in [2.05, 4.69) is 20.8 Å². The van der Waals surface area contributed by atoms with Crippen LogP contribution in [-0.2, 0) is 5.75 Å². The van der Waals surface area contributed by atoms with Crippen LogP contribution in [0.5, 0.6) is 5.75 Å².